The molecule has 4 heteroatoms. The van der Waals surface area contributed by atoms with Crippen molar-refractivity contribution in [3.05, 3.63) is 53.9 Å². The van der Waals surface area contributed by atoms with Gasteiger partial charge in [0.05, 0.1) is 18.6 Å². The number of hydrogen-bond donors (Lipinski definition) is 0. The minimum atomic E-state index is 0.0673. The third-order valence-corrected chi connectivity index (χ3v) is 4.14. The molecule has 2 aromatic rings. The van der Waals surface area contributed by atoms with Gasteiger partial charge in [0.1, 0.15) is 5.75 Å². The van der Waals surface area contributed by atoms with Crippen LogP contribution in [0.3, 0.4) is 0 Å². The van der Waals surface area contributed by atoms with Gasteiger partial charge >= 0.3 is 0 Å². The zero-order chi connectivity index (χ0) is 15.1. The van der Waals surface area contributed by atoms with Gasteiger partial charge in [-0.05, 0) is 31.0 Å². The highest BCUT2D eigenvalue weighted by atomic mass is 32.2. The van der Waals surface area contributed by atoms with Gasteiger partial charge in [0, 0.05) is 16.7 Å². The maximum Gasteiger partial charge on any atom is 0.174 e. The Kier molecular flexibility index (Phi) is 5.81. The molecular formula is C17H19NO2S. The van der Waals surface area contributed by atoms with Crippen molar-refractivity contribution in [1.29, 1.82) is 0 Å². The summed E-state index contributed by atoms with van der Waals surface area (Å²) in [5.41, 5.74) is 1.79. The molecular weight excluding hydrogens is 282 g/mol. The number of ketones is 1. The number of thioether (sulfide) groups is 1. The van der Waals surface area contributed by atoms with Crippen molar-refractivity contribution in [3.8, 4) is 5.75 Å². The normalized spacial score (nSPS) is 10.4. The Morgan fingerprint density at radius 2 is 2.10 bits per heavy atom. The van der Waals surface area contributed by atoms with Gasteiger partial charge in [-0.25, -0.2) is 0 Å². The van der Waals surface area contributed by atoms with E-state index in [1.807, 2.05) is 38.1 Å². The molecule has 21 heavy (non-hydrogen) atoms. The van der Waals surface area contributed by atoms with Crippen LogP contribution in [0.2, 0.25) is 0 Å². The number of rotatable bonds is 7. The number of aryl methyl sites for hydroxylation is 1. The molecule has 1 aromatic carbocycles. The first kappa shape index (κ1) is 15.6. The van der Waals surface area contributed by atoms with Gasteiger partial charge in [0.2, 0.25) is 0 Å². The molecule has 2 rings (SSSR count). The second-order valence-corrected chi connectivity index (χ2v) is 5.75. The third-order valence-electron chi connectivity index (χ3n) is 2.96. The van der Waals surface area contributed by atoms with Gasteiger partial charge in [-0.3, -0.25) is 9.78 Å². The number of ether oxygens (including phenoxy) is 1. The van der Waals surface area contributed by atoms with E-state index in [1.165, 1.54) is 5.56 Å². The maximum atomic E-state index is 12.2. The van der Waals surface area contributed by atoms with Crippen molar-refractivity contribution in [2.24, 2.45) is 0 Å². The van der Waals surface area contributed by atoms with Crippen molar-refractivity contribution in [1.82, 2.24) is 4.98 Å². The Bertz CT molecular complexity index is 613. The Morgan fingerprint density at radius 1 is 1.29 bits per heavy atom. The number of pyridine rings is 1. The van der Waals surface area contributed by atoms with Crippen LogP contribution in [-0.2, 0) is 0 Å². The first-order chi connectivity index (χ1) is 10.2. The topological polar surface area (TPSA) is 39.2 Å². The second kappa shape index (κ2) is 7.84. The highest BCUT2D eigenvalue weighted by Crippen LogP contribution is 2.23. The number of nitrogens with zero attached hydrogens (tertiary/aromatic N) is 1. The number of hydrogen-bond acceptors (Lipinski definition) is 4. The molecule has 1 heterocycles. The summed E-state index contributed by atoms with van der Waals surface area (Å²) in [5, 5.41) is 0. The average molecular weight is 301 g/mol. The SMILES string of the molecule is CCCOc1cncc(C(=O)CSc2ccccc2C)c1. The van der Waals surface area contributed by atoms with E-state index in [2.05, 4.69) is 4.98 Å². The molecule has 0 saturated carbocycles. The summed E-state index contributed by atoms with van der Waals surface area (Å²) < 4.78 is 5.51. The molecule has 0 bridgehead atoms. The molecule has 0 N–H and O–H groups in total. The summed E-state index contributed by atoms with van der Waals surface area (Å²) in [5.74, 6) is 1.13. The van der Waals surface area contributed by atoms with Gasteiger partial charge in [0.15, 0.2) is 5.78 Å². The lowest BCUT2D eigenvalue weighted by atomic mass is 10.2. The van der Waals surface area contributed by atoms with Crippen LogP contribution < -0.4 is 4.74 Å². The van der Waals surface area contributed by atoms with E-state index in [1.54, 1.807) is 30.2 Å². The predicted molar refractivity (Wildman–Crippen MR) is 86.3 cm³/mol. The minimum Gasteiger partial charge on any atom is -0.492 e. The van der Waals surface area contributed by atoms with Crippen LogP contribution in [0, 0.1) is 6.92 Å². The lowest BCUT2D eigenvalue weighted by molar-refractivity contribution is 0.102. The quantitative estimate of drug-likeness (QED) is 0.569. The molecule has 0 aliphatic heterocycles. The number of benzene rings is 1. The maximum absolute atomic E-state index is 12.2. The van der Waals surface area contributed by atoms with Crippen LogP contribution in [0.15, 0.2) is 47.6 Å². The van der Waals surface area contributed by atoms with Crippen LogP contribution in [0.1, 0.15) is 29.3 Å². The second-order valence-electron chi connectivity index (χ2n) is 4.74. The van der Waals surface area contributed by atoms with Crippen LogP contribution in [0.5, 0.6) is 5.75 Å². The molecule has 0 saturated heterocycles. The molecule has 3 nitrogen and oxygen atoms in total. The highest BCUT2D eigenvalue weighted by molar-refractivity contribution is 8.00. The fraction of sp³-hybridized carbons (Fsp3) is 0.294. The van der Waals surface area contributed by atoms with E-state index in [-0.39, 0.29) is 5.78 Å². The Balaban J connectivity index is 1.98. The van der Waals surface area contributed by atoms with Gasteiger partial charge in [-0.2, -0.15) is 0 Å². The summed E-state index contributed by atoms with van der Waals surface area (Å²) in [7, 11) is 0. The number of carbonyl (C=O) groups is 1. The lowest BCUT2D eigenvalue weighted by Crippen LogP contribution is -2.04. The van der Waals surface area contributed by atoms with Crippen LogP contribution in [-0.4, -0.2) is 23.1 Å². The van der Waals surface area contributed by atoms with Gasteiger partial charge < -0.3 is 4.74 Å². The summed E-state index contributed by atoms with van der Waals surface area (Å²) in [6, 6.07) is 9.84. The Hall–Kier alpha value is -1.81. The van der Waals surface area contributed by atoms with E-state index in [4.69, 9.17) is 4.74 Å². The monoisotopic (exact) mass is 301 g/mol. The smallest absolute Gasteiger partial charge is 0.174 e. The van der Waals surface area contributed by atoms with Gasteiger partial charge in [-0.1, -0.05) is 25.1 Å². The zero-order valence-corrected chi connectivity index (χ0v) is 13.2. The summed E-state index contributed by atoms with van der Waals surface area (Å²) in [4.78, 5) is 17.5. The lowest BCUT2D eigenvalue weighted by Gasteiger charge is -2.07. The van der Waals surface area contributed by atoms with E-state index in [0.29, 0.717) is 23.7 Å². The molecule has 0 atom stereocenters. The van der Waals surface area contributed by atoms with Crippen LogP contribution in [0.4, 0.5) is 0 Å². The van der Waals surface area contributed by atoms with Crippen LogP contribution >= 0.6 is 11.8 Å². The molecule has 0 aliphatic carbocycles. The molecule has 1 aromatic heterocycles. The molecule has 0 aliphatic rings. The van der Waals surface area contributed by atoms with Crippen molar-refractivity contribution in [2.75, 3.05) is 12.4 Å². The van der Waals surface area contributed by atoms with Gasteiger partial charge in [0.25, 0.3) is 0 Å². The van der Waals surface area contributed by atoms with Crippen molar-refractivity contribution >= 4 is 17.5 Å². The molecule has 0 radical (unpaired) electrons. The van der Waals surface area contributed by atoms with Crippen molar-refractivity contribution in [2.45, 2.75) is 25.2 Å². The average Bonchev–Trinajstić information content (AvgIpc) is 2.52. The van der Waals surface area contributed by atoms with E-state index < -0.39 is 0 Å². The summed E-state index contributed by atoms with van der Waals surface area (Å²) in [6.07, 6.45) is 4.17. The molecule has 110 valence electrons. The summed E-state index contributed by atoms with van der Waals surface area (Å²) in [6.45, 7) is 4.73. The fourth-order valence-electron chi connectivity index (χ4n) is 1.82. The Morgan fingerprint density at radius 3 is 2.86 bits per heavy atom. The van der Waals surface area contributed by atoms with Crippen molar-refractivity contribution < 1.29 is 9.53 Å². The highest BCUT2D eigenvalue weighted by Gasteiger charge is 2.09. The third kappa shape index (κ3) is 4.60. The molecule has 0 amide bonds. The van der Waals surface area contributed by atoms with E-state index in [0.717, 1.165) is 11.3 Å². The zero-order valence-electron chi connectivity index (χ0n) is 12.3. The van der Waals surface area contributed by atoms with E-state index >= 15 is 0 Å². The minimum absolute atomic E-state index is 0.0673. The molecule has 0 fully saturated rings. The first-order valence-corrected chi connectivity index (χ1v) is 7.98. The number of Topliss-reactive ketones (excluding diaryl/α,β-unsaturated/α-hetero) is 1. The van der Waals surface area contributed by atoms with Crippen LogP contribution in [0.25, 0.3) is 0 Å². The number of carbonyl (C=O) groups excluding carboxylic acids is 1. The number of aromatic nitrogens is 1. The Labute approximate surface area is 129 Å². The first-order valence-electron chi connectivity index (χ1n) is 7.00. The molecule has 0 unspecified atom stereocenters. The van der Waals surface area contributed by atoms with E-state index in [9.17, 15) is 4.79 Å². The fourth-order valence-corrected chi connectivity index (χ4v) is 2.74. The predicted octanol–water partition coefficient (Wildman–Crippen LogP) is 4.15. The largest absolute Gasteiger partial charge is 0.492 e. The standard InChI is InChI=1S/C17H19NO2S/c1-3-8-20-15-9-14(10-18-11-15)16(19)12-21-17-7-5-4-6-13(17)2/h4-7,9-11H,3,8,12H2,1-2H3. The summed E-state index contributed by atoms with van der Waals surface area (Å²) >= 11 is 1.56. The van der Waals surface area contributed by atoms with Gasteiger partial charge in [-0.15, -0.1) is 11.8 Å². The van der Waals surface area contributed by atoms with Crippen molar-refractivity contribution in [3.63, 3.8) is 0 Å². The molecule has 0 spiro atoms.